The second kappa shape index (κ2) is 5.30. The third-order valence-electron chi connectivity index (χ3n) is 3.72. The summed E-state index contributed by atoms with van der Waals surface area (Å²) >= 11 is 0. The largest absolute Gasteiger partial charge is 0.486 e. The molecule has 0 saturated heterocycles. The van der Waals surface area contributed by atoms with E-state index in [0.717, 1.165) is 16.7 Å². The normalized spacial score (nSPS) is 16.5. The number of ether oxygens (including phenoxy) is 1. The van der Waals surface area contributed by atoms with E-state index >= 15 is 0 Å². The predicted octanol–water partition coefficient (Wildman–Crippen LogP) is 4.04. The molecule has 3 nitrogen and oxygen atoms in total. The highest BCUT2D eigenvalue weighted by Gasteiger charge is 2.22. The van der Waals surface area contributed by atoms with E-state index in [4.69, 9.17) is 4.74 Å². The molecule has 22 heavy (non-hydrogen) atoms. The molecule has 0 aliphatic carbocycles. The molecular weight excluding hydrogens is 283 g/mol. The van der Waals surface area contributed by atoms with Gasteiger partial charge in [-0.15, -0.1) is 0 Å². The van der Waals surface area contributed by atoms with Crippen LogP contribution in [0.2, 0.25) is 0 Å². The lowest BCUT2D eigenvalue weighted by Gasteiger charge is -2.24. The zero-order chi connectivity index (χ0) is 15.9. The van der Waals surface area contributed by atoms with Crippen LogP contribution in [0.4, 0.5) is 4.39 Å². The predicted molar refractivity (Wildman–Crippen MR) is 81.7 cm³/mol. The smallest absolute Gasteiger partial charge is 0.335 e. The van der Waals surface area contributed by atoms with Crippen LogP contribution >= 0.6 is 0 Å². The van der Waals surface area contributed by atoms with Crippen molar-refractivity contribution in [2.45, 2.75) is 20.0 Å². The van der Waals surface area contributed by atoms with E-state index in [1.807, 2.05) is 19.9 Å². The second-order valence-electron chi connectivity index (χ2n) is 5.38. The summed E-state index contributed by atoms with van der Waals surface area (Å²) in [5.74, 6) is -0.716. The number of hydrogen-bond acceptors (Lipinski definition) is 2. The van der Waals surface area contributed by atoms with Crippen LogP contribution in [0, 0.1) is 12.7 Å². The van der Waals surface area contributed by atoms with Crippen LogP contribution in [-0.2, 0) is 0 Å². The molecule has 0 spiro atoms. The number of carboxylic acids is 1. The van der Waals surface area contributed by atoms with Crippen molar-refractivity contribution in [3.63, 3.8) is 0 Å². The Morgan fingerprint density at radius 2 is 1.95 bits per heavy atom. The van der Waals surface area contributed by atoms with Crippen LogP contribution < -0.4 is 4.74 Å². The Bertz CT molecular complexity index is 793. The lowest BCUT2D eigenvalue weighted by Crippen LogP contribution is -2.16. The van der Waals surface area contributed by atoms with E-state index in [0.29, 0.717) is 11.3 Å². The van der Waals surface area contributed by atoms with Gasteiger partial charge in [-0.25, -0.2) is 9.18 Å². The topological polar surface area (TPSA) is 46.5 Å². The first kappa shape index (κ1) is 14.3. The minimum Gasteiger partial charge on any atom is -0.486 e. The van der Waals surface area contributed by atoms with Gasteiger partial charge in [0, 0.05) is 5.56 Å². The number of aryl methyl sites for hydroxylation is 1. The van der Waals surface area contributed by atoms with Crippen LogP contribution in [0.15, 0.2) is 42.5 Å². The Morgan fingerprint density at radius 3 is 2.68 bits per heavy atom. The monoisotopic (exact) mass is 298 g/mol. The van der Waals surface area contributed by atoms with Gasteiger partial charge in [0.05, 0.1) is 5.56 Å². The Morgan fingerprint density at radius 1 is 1.18 bits per heavy atom. The summed E-state index contributed by atoms with van der Waals surface area (Å²) in [5.41, 5.74) is 3.32. The average molecular weight is 298 g/mol. The Balaban J connectivity index is 2.22. The third kappa shape index (κ3) is 2.48. The van der Waals surface area contributed by atoms with Gasteiger partial charge in [-0.2, -0.15) is 0 Å². The zero-order valence-corrected chi connectivity index (χ0v) is 12.3. The second-order valence-corrected chi connectivity index (χ2v) is 5.38. The Hall–Kier alpha value is -2.62. The Kier molecular flexibility index (Phi) is 3.45. The minimum absolute atomic E-state index is 0.166. The molecule has 3 rings (SSSR count). The van der Waals surface area contributed by atoms with E-state index in [9.17, 15) is 14.3 Å². The number of hydrogen-bond donors (Lipinski definition) is 1. The summed E-state index contributed by atoms with van der Waals surface area (Å²) in [6, 6.07) is 9.32. The van der Waals surface area contributed by atoms with Gasteiger partial charge >= 0.3 is 5.97 Å². The lowest BCUT2D eigenvalue weighted by atomic mass is 9.90. The van der Waals surface area contributed by atoms with Gasteiger partial charge < -0.3 is 9.84 Å². The van der Waals surface area contributed by atoms with Gasteiger partial charge in [-0.3, -0.25) is 0 Å². The molecule has 0 radical (unpaired) electrons. The van der Waals surface area contributed by atoms with E-state index in [2.05, 4.69) is 0 Å². The van der Waals surface area contributed by atoms with Gasteiger partial charge in [-0.05, 0) is 67.0 Å². The van der Waals surface area contributed by atoms with Crippen LogP contribution in [0.5, 0.6) is 5.75 Å². The fourth-order valence-corrected chi connectivity index (χ4v) is 2.65. The van der Waals surface area contributed by atoms with Gasteiger partial charge in [0.15, 0.2) is 0 Å². The molecule has 1 aliphatic rings. The Labute approximate surface area is 127 Å². The van der Waals surface area contributed by atoms with Crippen molar-refractivity contribution < 1.29 is 19.0 Å². The highest BCUT2D eigenvalue weighted by molar-refractivity contribution is 5.92. The molecular formula is C18H15FO3. The molecule has 4 heteroatoms. The number of carbonyl (C=O) groups is 1. The summed E-state index contributed by atoms with van der Waals surface area (Å²) in [4.78, 5) is 11.2. The third-order valence-corrected chi connectivity index (χ3v) is 3.72. The molecule has 1 unspecified atom stereocenters. The average Bonchev–Trinajstić information content (AvgIpc) is 2.48. The number of aromatic carboxylic acids is 1. The first-order valence-corrected chi connectivity index (χ1v) is 6.98. The molecule has 0 amide bonds. The minimum atomic E-state index is -1.00. The van der Waals surface area contributed by atoms with Crippen molar-refractivity contribution in [1.29, 1.82) is 0 Å². The number of halogens is 1. The van der Waals surface area contributed by atoms with Crippen molar-refractivity contribution in [1.82, 2.24) is 0 Å². The summed E-state index contributed by atoms with van der Waals surface area (Å²) in [5, 5.41) is 9.17. The molecule has 0 bridgehead atoms. The standard InChI is InChI=1S/C18H15FO3/c1-10-3-5-13(19)9-14(10)15-7-11(2)22-17-6-4-12(18(20)21)8-16(15)17/h3-9,11H,1-2H3,(H,20,21). The van der Waals surface area contributed by atoms with Gasteiger partial charge in [0.1, 0.15) is 17.7 Å². The van der Waals surface area contributed by atoms with E-state index < -0.39 is 5.97 Å². The van der Waals surface area contributed by atoms with Crippen LogP contribution in [0.3, 0.4) is 0 Å². The van der Waals surface area contributed by atoms with Crippen LogP contribution in [0.25, 0.3) is 5.57 Å². The lowest BCUT2D eigenvalue weighted by molar-refractivity contribution is 0.0697. The first-order valence-electron chi connectivity index (χ1n) is 6.98. The van der Waals surface area contributed by atoms with Crippen LogP contribution in [-0.4, -0.2) is 17.2 Å². The van der Waals surface area contributed by atoms with E-state index in [-0.39, 0.29) is 17.5 Å². The number of carboxylic acid groups (broad SMARTS) is 1. The summed E-state index contributed by atoms with van der Waals surface area (Å²) in [6.07, 6.45) is 1.72. The fourth-order valence-electron chi connectivity index (χ4n) is 2.65. The van der Waals surface area contributed by atoms with Crippen molar-refractivity contribution in [3.05, 3.63) is 70.5 Å². The van der Waals surface area contributed by atoms with Gasteiger partial charge in [0.2, 0.25) is 0 Å². The van der Waals surface area contributed by atoms with E-state index in [1.165, 1.54) is 18.2 Å². The number of rotatable bonds is 2. The molecule has 0 aromatic heterocycles. The highest BCUT2D eigenvalue weighted by atomic mass is 19.1. The molecule has 0 fully saturated rings. The zero-order valence-electron chi connectivity index (χ0n) is 12.3. The van der Waals surface area contributed by atoms with Gasteiger partial charge in [0.25, 0.3) is 0 Å². The molecule has 0 saturated carbocycles. The SMILES string of the molecule is Cc1ccc(F)cc1C1=CC(C)Oc2ccc(C(=O)O)cc21. The molecule has 2 aromatic carbocycles. The summed E-state index contributed by atoms with van der Waals surface area (Å²) in [7, 11) is 0. The molecule has 112 valence electrons. The molecule has 1 N–H and O–H groups in total. The molecule has 1 heterocycles. The van der Waals surface area contributed by atoms with Gasteiger partial charge in [-0.1, -0.05) is 6.07 Å². The van der Waals surface area contributed by atoms with Crippen molar-refractivity contribution in [2.75, 3.05) is 0 Å². The molecule has 2 aromatic rings. The maximum Gasteiger partial charge on any atom is 0.335 e. The quantitative estimate of drug-likeness (QED) is 0.910. The summed E-state index contributed by atoms with van der Waals surface area (Å²) in [6.45, 7) is 3.79. The molecule has 1 aliphatic heterocycles. The fraction of sp³-hybridized carbons (Fsp3) is 0.167. The van der Waals surface area contributed by atoms with E-state index in [1.54, 1.807) is 18.2 Å². The number of fused-ring (bicyclic) bond motifs is 1. The summed E-state index contributed by atoms with van der Waals surface area (Å²) < 4.78 is 19.4. The van der Waals surface area contributed by atoms with Crippen molar-refractivity contribution in [2.24, 2.45) is 0 Å². The van der Waals surface area contributed by atoms with Crippen molar-refractivity contribution >= 4 is 11.5 Å². The maximum atomic E-state index is 13.6. The first-order chi connectivity index (χ1) is 10.5. The maximum absolute atomic E-state index is 13.6. The van der Waals surface area contributed by atoms with Crippen molar-refractivity contribution in [3.8, 4) is 5.75 Å². The highest BCUT2D eigenvalue weighted by Crippen LogP contribution is 2.38. The number of benzene rings is 2. The molecule has 1 atom stereocenters. The van der Waals surface area contributed by atoms with Crippen LogP contribution in [0.1, 0.15) is 34.0 Å².